The second kappa shape index (κ2) is 5.15. The van der Waals surface area contributed by atoms with Gasteiger partial charge in [0.1, 0.15) is 10.8 Å². The van der Waals surface area contributed by atoms with Crippen molar-refractivity contribution in [1.29, 1.82) is 0 Å². The first-order valence-electron chi connectivity index (χ1n) is 7.22. The molecule has 2 aromatic carbocycles. The molecule has 0 N–H and O–H groups in total. The van der Waals surface area contributed by atoms with E-state index in [2.05, 4.69) is 47.2 Å². The average Bonchev–Trinajstić information content (AvgIpc) is 2.90. The molecule has 1 aliphatic rings. The second-order valence-electron chi connectivity index (χ2n) is 5.38. The fourth-order valence-electron chi connectivity index (χ4n) is 3.21. The van der Waals surface area contributed by atoms with E-state index in [4.69, 9.17) is 16.3 Å². The molecule has 1 atom stereocenters. The van der Waals surface area contributed by atoms with Crippen molar-refractivity contribution in [3.05, 3.63) is 83.0 Å². The Labute approximate surface area is 134 Å². The van der Waals surface area contributed by atoms with Crippen LogP contribution in [0.5, 0.6) is 5.75 Å². The van der Waals surface area contributed by atoms with Crippen molar-refractivity contribution in [2.45, 2.75) is 6.04 Å². The van der Waals surface area contributed by atoms with Crippen LogP contribution in [0, 0.1) is 0 Å². The molecule has 3 heteroatoms. The summed E-state index contributed by atoms with van der Waals surface area (Å²) in [6.07, 6.45) is 2.09. The third-order valence-electron chi connectivity index (χ3n) is 4.18. The molecule has 1 aromatic heterocycles. The lowest BCUT2D eigenvalue weighted by Gasteiger charge is -2.09. The summed E-state index contributed by atoms with van der Waals surface area (Å²) in [6, 6.07) is 20.7. The molecule has 0 saturated carbocycles. The van der Waals surface area contributed by atoms with Crippen molar-refractivity contribution >= 4 is 11.6 Å². The van der Waals surface area contributed by atoms with Gasteiger partial charge in [0.05, 0.1) is 12.7 Å². The molecule has 22 heavy (non-hydrogen) atoms. The van der Waals surface area contributed by atoms with Crippen molar-refractivity contribution < 1.29 is 9.30 Å². The minimum Gasteiger partial charge on any atom is -0.497 e. The summed E-state index contributed by atoms with van der Waals surface area (Å²) in [6.45, 7) is 0. The van der Waals surface area contributed by atoms with Crippen molar-refractivity contribution in [2.75, 3.05) is 7.11 Å². The molecule has 0 aliphatic carbocycles. The zero-order valence-corrected chi connectivity index (χ0v) is 12.9. The number of halogens is 1. The number of hydrogen-bond donors (Lipinski definition) is 0. The predicted octanol–water partition coefficient (Wildman–Crippen LogP) is 4.25. The molecule has 2 heterocycles. The number of nitrogens with zero attached hydrogens (tertiary/aromatic N) is 1. The van der Waals surface area contributed by atoms with Crippen LogP contribution < -0.4 is 9.30 Å². The van der Waals surface area contributed by atoms with E-state index in [1.165, 1.54) is 16.7 Å². The summed E-state index contributed by atoms with van der Waals surface area (Å²) in [5.41, 5.74) is 4.69. The van der Waals surface area contributed by atoms with Crippen LogP contribution >= 0.6 is 11.6 Å². The molecular formula is C19H15ClNO+. The van der Waals surface area contributed by atoms with Gasteiger partial charge in [0.15, 0.2) is 6.20 Å². The maximum Gasteiger partial charge on any atom is 0.232 e. The number of ether oxygens (including phenoxy) is 1. The van der Waals surface area contributed by atoms with E-state index in [1.807, 2.05) is 24.3 Å². The minimum absolute atomic E-state index is 0.125. The monoisotopic (exact) mass is 308 g/mol. The molecule has 0 fully saturated rings. The van der Waals surface area contributed by atoms with Crippen molar-refractivity contribution in [2.24, 2.45) is 0 Å². The molecule has 0 spiro atoms. The van der Waals surface area contributed by atoms with Gasteiger partial charge in [-0.1, -0.05) is 41.9 Å². The van der Waals surface area contributed by atoms with Gasteiger partial charge in [-0.3, -0.25) is 0 Å². The smallest absolute Gasteiger partial charge is 0.232 e. The summed E-state index contributed by atoms with van der Waals surface area (Å²) >= 11 is 6.47. The summed E-state index contributed by atoms with van der Waals surface area (Å²) in [4.78, 5) is 0. The van der Waals surface area contributed by atoms with Gasteiger partial charge in [0.2, 0.25) is 11.7 Å². The molecule has 4 rings (SSSR count). The fraction of sp³-hybridized carbons (Fsp3) is 0.105. The Morgan fingerprint density at radius 2 is 1.82 bits per heavy atom. The van der Waals surface area contributed by atoms with E-state index in [0.717, 1.165) is 16.5 Å². The van der Waals surface area contributed by atoms with E-state index >= 15 is 0 Å². The van der Waals surface area contributed by atoms with Crippen LogP contribution in [0.1, 0.15) is 17.2 Å². The predicted molar refractivity (Wildman–Crippen MR) is 87.3 cm³/mol. The molecule has 1 unspecified atom stereocenters. The van der Waals surface area contributed by atoms with Gasteiger partial charge in [0, 0.05) is 17.2 Å². The van der Waals surface area contributed by atoms with Crippen LogP contribution in [0.2, 0.25) is 5.02 Å². The molecule has 0 saturated heterocycles. The van der Waals surface area contributed by atoms with E-state index in [0.29, 0.717) is 0 Å². The van der Waals surface area contributed by atoms with Gasteiger partial charge in [-0.25, -0.2) is 0 Å². The number of hydrogen-bond acceptors (Lipinski definition) is 1. The summed E-state index contributed by atoms with van der Waals surface area (Å²) in [5, 5.41) is 0.771. The molecule has 1 aliphatic heterocycles. The van der Waals surface area contributed by atoms with E-state index < -0.39 is 0 Å². The Hall–Kier alpha value is -2.32. The molecule has 3 aromatic rings. The SMILES string of the molecule is COc1ccc2c(c1)C(c1ccccc1)[n+]1cccc(Cl)c1-2. The molecule has 0 bridgehead atoms. The maximum absolute atomic E-state index is 6.47. The first kappa shape index (κ1) is 13.4. The van der Waals surface area contributed by atoms with Crippen LogP contribution in [-0.4, -0.2) is 7.11 Å². The van der Waals surface area contributed by atoms with Gasteiger partial charge in [0.25, 0.3) is 0 Å². The quantitative estimate of drug-likeness (QED) is 0.504. The van der Waals surface area contributed by atoms with Gasteiger partial charge < -0.3 is 4.74 Å². The van der Waals surface area contributed by atoms with Crippen molar-refractivity contribution in [3.8, 4) is 17.0 Å². The van der Waals surface area contributed by atoms with E-state index in [-0.39, 0.29) is 6.04 Å². The first-order valence-corrected chi connectivity index (χ1v) is 7.60. The highest BCUT2D eigenvalue weighted by molar-refractivity contribution is 6.32. The fourth-order valence-corrected chi connectivity index (χ4v) is 3.49. The molecule has 108 valence electrons. The number of pyridine rings is 1. The minimum atomic E-state index is 0.125. The number of rotatable bonds is 2. The molecular weight excluding hydrogens is 294 g/mol. The highest BCUT2D eigenvalue weighted by atomic mass is 35.5. The Bertz CT molecular complexity index is 845. The molecule has 0 radical (unpaired) electrons. The number of aromatic nitrogens is 1. The third-order valence-corrected chi connectivity index (χ3v) is 4.48. The normalized spacial score (nSPS) is 15.3. The second-order valence-corrected chi connectivity index (χ2v) is 5.79. The van der Waals surface area contributed by atoms with Gasteiger partial charge in [-0.15, -0.1) is 0 Å². The lowest BCUT2D eigenvalue weighted by atomic mass is 9.97. The topological polar surface area (TPSA) is 13.1 Å². The largest absolute Gasteiger partial charge is 0.497 e. The maximum atomic E-state index is 6.47. The zero-order valence-electron chi connectivity index (χ0n) is 12.2. The van der Waals surface area contributed by atoms with Crippen molar-refractivity contribution in [3.63, 3.8) is 0 Å². The zero-order chi connectivity index (χ0) is 15.1. The van der Waals surface area contributed by atoms with E-state index in [1.54, 1.807) is 7.11 Å². The van der Waals surface area contributed by atoms with Crippen LogP contribution in [-0.2, 0) is 0 Å². The third kappa shape index (κ3) is 1.92. The highest BCUT2D eigenvalue weighted by Gasteiger charge is 2.39. The summed E-state index contributed by atoms with van der Waals surface area (Å²) in [5.74, 6) is 0.865. The Morgan fingerprint density at radius 3 is 2.59 bits per heavy atom. The Morgan fingerprint density at radius 1 is 1.00 bits per heavy atom. The first-order chi connectivity index (χ1) is 10.8. The average molecular weight is 309 g/mol. The Kier molecular flexibility index (Phi) is 3.12. The highest BCUT2D eigenvalue weighted by Crippen LogP contribution is 2.41. The lowest BCUT2D eigenvalue weighted by Crippen LogP contribution is -2.38. The van der Waals surface area contributed by atoms with Gasteiger partial charge in [-0.2, -0.15) is 4.57 Å². The molecule has 0 amide bonds. The number of benzene rings is 2. The van der Waals surface area contributed by atoms with Gasteiger partial charge >= 0.3 is 0 Å². The summed E-state index contributed by atoms with van der Waals surface area (Å²) in [7, 11) is 1.70. The van der Waals surface area contributed by atoms with Crippen molar-refractivity contribution in [1.82, 2.24) is 0 Å². The summed E-state index contributed by atoms with van der Waals surface area (Å²) < 4.78 is 7.65. The lowest BCUT2D eigenvalue weighted by molar-refractivity contribution is -0.688. The van der Waals surface area contributed by atoms with Crippen LogP contribution in [0.3, 0.4) is 0 Å². The number of methoxy groups -OCH3 is 1. The Balaban J connectivity index is 2.02. The van der Waals surface area contributed by atoms with Crippen LogP contribution in [0.4, 0.5) is 0 Å². The van der Waals surface area contributed by atoms with Crippen LogP contribution in [0.15, 0.2) is 66.9 Å². The number of fused-ring (bicyclic) bond motifs is 3. The standard InChI is InChI=1S/C19H15ClNO/c1-22-14-9-10-15-16(12-14)18(13-6-3-2-4-7-13)21-11-5-8-17(20)19(15)21/h2-12,18H,1H3/q+1. The molecule has 2 nitrogen and oxygen atoms in total. The van der Waals surface area contributed by atoms with Crippen LogP contribution in [0.25, 0.3) is 11.3 Å². The van der Waals surface area contributed by atoms with Gasteiger partial charge in [-0.05, 0) is 24.3 Å². The van der Waals surface area contributed by atoms with E-state index in [9.17, 15) is 0 Å².